The number of likely N-dealkylation sites (tertiary alicyclic amines) is 1. The van der Waals surface area contributed by atoms with Gasteiger partial charge in [0.1, 0.15) is 10.2 Å². The lowest BCUT2D eigenvalue weighted by Gasteiger charge is -2.42. The van der Waals surface area contributed by atoms with Crippen molar-refractivity contribution in [3.8, 4) is 0 Å². The van der Waals surface area contributed by atoms with Crippen molar-refractivity contribution in [2.45, 2.75) is 37.8 Å². The molecule has 10 heteroatoms. The number of piperidine rings is 1. The highest BCUT2D eigenvalue weighted by molar-refractivity contribution is 9.10. The topological polar surface area (TPSA) is 120 Å². The number of aliphatic hydroxyl groups is 1. The smallest absolute Gasteiger partial charge is 0.407 e. The molecule has 0 bridgehead atoms. The molecule has 148 valence electrons. The average Bonchev–Trinajstić information content (AvgIpc) is 2.55. The van der Waals surface area contributed by atoms with Gasteiger partial charge in [0.2, 0.25) is 0 Å². The van der Waals surface area contributed by atoms with Crippen molar-refractivity contribution in [1.82, 2.24) is 9.88 Å². The molecule has 2 atom stereocenters. The zero-order chi connectivity index (χ0) is 20.0. The van der Waals surface area contributed by atoms with Gasteiger partial charge in [0.15, 0.2) is 5.82 Å². The number of amides is 1. The number of aromatic nitrogens is 1. The number of ether oxygens (including phenoxy) is 1. The largest absolute Gasteiger partial charge is 0.481 e. The molecule has 1 amide bonds. The first-order chi connectivity index (χ1) is 12.6. The third-order valence-electron chi connectivity index (χ3n) is 5.43. The summed E-state index contributed by atoms with van der Waals surface area (Å²) < 4.78 is 20.3. The third kappa shape index (κ3) is 3.53. The van der Waals surface area contributed by atoms with E-state index in [4.69, 9.17) is 4.74 Å². The Balaban J connectivity index is 1.95. The number of rotatable bonds is 4. The second-order valence-corrected chi connectivity index (χ2v) is 8.13. The standard InChI is InChI=1S/C17H20BrFN2O6/c1-9-5-16(14(22)23,2-3-21(9)15(24)25)6-11-13(19)10(4-12(18)20-11)17(26)7-27-8-17/h4,9,26H,2-3,5-8H2,1H3,(H,22,23)(H,24,25). The van der Waals surface area contributed by atoms with E-state index in [2.05, 4.69) is 20.9 Å². The SMILES string of the molecule is CC1CC(Cc2nc(Br)cc(C3(O)COC3)c2F)(C(=O)O)CCN1C(=O)O. The van der Waals surface area contributed by atoms with Gasteiger partial charge in [-0.2, -0.15) is 0 Å². The zero-order valence-electron chi connectivity index (χ0n) is 14.6. The van der Waals surface area contributed by atoms with Gasteiger partial charge in [0, 0.05) is 24.6 Å². The number of hydrogen-bond donors (Lipinski definition) is 3. The van der Waals surface area contributed by atoms with Crippen molar-refractivity contribution in [2.75, 3.05) is 19.8 Å². The normalized spacial score (nSPS) is 27.1. The van der Waals surface area contributed by atoms with Crippen molar-refractivity contribution < 1.29 is 34.0 Å². The molecule has 0 aliphatic carbocycles. The van der Waals surface area contributed by atoms with Crippen molar-refractivity contribution in [1.29, 1.82) is 0 Å². The van der Waals surface area contributed by atoms with E-state index in [1.54, 1.807) is 6.92 Å². The van der Waals surface area contributed by atoms with Crippen LogP contribution in [-0.2, 0) is 21.6 Å². The Hall–Kier alpha value is -1.78. The fraction of sp³-hybridized carbons (Fsp3) is 0.588. The quantitative estimate of drug-likeness (QED) is 0.604. The van der Waals surface area contributed by atoms with Crippen molar-refractivity contribution >= 4 is 28.0 Å². The van der Waals surface area contributed by atoms with Gasteiger partial charge in [-0.1, -0.05) is 0 Å². The van der Waals surface area contributed by atoms with E-state index in [0.29, 0.717) is 0 Å². The molecule has 3 N–H and O–H groups in total. The average molecular weight is 447 g/mol. The lowest BCUT2D eigenvalue weighted by molar-refractivity contribution is -0.186. The number of carbonyl (C=O) groups is 2. The van der Waals surface area contributed by atoms with E-state index >= 15 is 4.39 Å². The summed E-state index contributed by atoms with van der Waals surface area (Å²) in [6, 6.07) is 0.844. The molecule has 0 radical (unpaired) electrons. The molecule has 0 saturated carbocycles. The molecular weight excluding hydrogens is 427 g/mol. The molecule has 0 aromatic carbocycles. The van der Waals surface area contributed by atoms with Crippen LogP contribution >= 0.6 is 15.9 Å². The second-order valence-electron chi connectivity index (χ2n) is 7.32. The lowest BCUT2D eigenvalue weighted by atomic mass is 9.72. The molecule has 2 unspecified atom stereocenters. The van der Waals surface area contributed by atoms with E-state index in [0.717, 1.165) is 0 Å². The number of pyridine rings is 1. The molecule has 3 heterocycles. The molecular formula is C17H20BrFN2O6. The highest BCUT2D eigenvalue weighted by atomic mass is 79.9. The number of carboxylic acids is 1. The summed E-state index contributed by atoms with van der Waals surface area (Å²) >= 11 is 3.19. The number of nitrogens with zero attached hydrogens (tertiary/aromatic N) is 2. The van der Waals surface area contributed by atoms with E-state index in [-0.39, 0.29) is 54.9 Å². The van der Waals surface area contributed by atoms with Gasteiger partial charge in [-0.25, -0.2) is 14.2 Å². The molecule has 2 saturated heterocycles. The van der Waals surface area contributed by atoms with Crippen LogP contribution in [0.25, 0.3) is 0 Å². The third-order valence-corrected chi connectivity index (χ3v) is 5.84. The van der Waals surface area contributed by atoms with Crippen molar-refractivity contribution in [3.63, 3.8) is 0 Å². The number of hydrogen-bond acceptors (Lipinski definition) is 5. The maximum atomic E-state index is 15.1. The van der Waals surface area contributed by atoms with E-state index < -0.39 is 34.9 Å². The van der Waals surface area contributed by atoms with Crippen LogP contribution in [0.3, 0.4) is 0 Å². The molecule has 1 aromatic rings. The summed E-state index contributed by atoms with van der Waals surface area (Å²) in [6.45, 7) is 1.58. The van der Waals surface area contributed by atoms with Crippen LogP contribution in [-0.4, -0.2) is 63.1 Å². The number of aliphatic carboxylic acids is 1. The molecule has 27 heavy (non-hydrogen) atoms. The van der Waals surface area contributed by atoms with Crippen LogP contribution in [0, 0.1) is 11.2 Å². The van der Waals surface area contributed by atoms with Crippen LogP contribution in [0.5, 0.6) is 0 Å². The van der Waals surface area contributed by atoms with Crippen LogP contribution in [0.4, 0.5) is 9.18 Å². The molecule has 2 aliphatic rings. The van der Waals surface area contributed by atoms with Crippen LogP contribution < -0.4 is 0 Å². The van der Waals surface area contributed by atoms with Crippen molar-refractivity contribution in [2.24, 2.45) is 5.41 Å². The molecule has 3 rings (SSSR count). The Morgan fingerprint density at radius 1 is 1.44 bits per heavy atom. The summed E-state index contributed by atoms with van der Waals surface area (Å²) in [5.41, 5.74) is -2.85. The van der Waals surface area contributed by atoms with Gasteiger partial charge < -0.3 is 25.0 Å². The summed E-state index contributed by atoms with van der Waals surface area (Å²) in [5, 5.41) is 29.5. The van der Waals surface area contributed by atoms with Crippen LogP contribution in [0.15, 0.2) is 10.7 Å². The Morgan fingerprint density at radius 2 is 2.11 bits per heavy atom. The highest BCUT2D eigenvalue weighted by Gasteiger charge is 2.47. The maximum absolute atomic E-state index is 15.1. The first-order valence-corrected chi connectivity index (χ1v) is 9.26. The van der Waals surface area contributed by atoms with Gasteiger partial charge in [-0.15, -0.1) is 0 Å². The predicted octanol–water partition coefficient (Wildman–Crippen LogP) is 1.98. The minimum Gasteiger partial charge on any atom is -0.481 e. The molecule has 2 fully saturated rings. The van der Waals surface area contributed by atoms with E-state index in [1.807, 2.05) is 0 Å². The summed E-state index contributed by atoms with van der Waals surface area (Å²) in [4.78, 5) is 28.6. The Morgan fingerprint density at radius 3 is 2.59 bits per heavy atom. The fourth-order valence-corrected chi connectivity index (χ4v) is 4.27. The summed E-state index contributed by atoms with van der Waals surface area (Å²) in [7, 11) is 0. The van der Waals surface area contributed by atoms with Gasteiger partial charge in [0.05, 0.1) is 24.3 Å². The minimum atomic E-state index is -1.46. The van der Waals surface area contributed by atoms with Crippen LogP contribution in [0.1, 0.15) is 31.0 Å². The highest BCUT2D eigenvalue weighted by Crippen LogP contribution is 2.40. The van der Waals surface area contributed by atoms with Gasteiger partial charge in [-0.05, 0) is 41.8 Å². The summed E-state index contributed by atoms with van der Waals surface area (Å²) in [6.07, 6.45) is -1.21. The molecule has 1 aromatic heterocycles. The Bertz CT molecular complexity index is 787. The second kappa shape index (κ2) is 6.99. The first kappa shape index (κ1) is 20.0. The number of carboxylic acid groups (broad SMARTS) is 2. The molecule has 2 aliphatic heterocycles. The minimum absolute atomic E-state index is 0.0159. The maximum Gasteiger partial charge on any atom is 0.407 e. The Kier molecular flexibility index (Phi) is 5.17. The van der Waals surface area contributed by atoms with Crippen molar-refractivity contribution in [3.05, 3.63) is 27.7 Å². The fourth-order valence-electron chi connectivity index (χ4n) is 3.82. The first-order valence-electron chi connectivity index (χ1n) is 8.46. The van der Waals surface area contributed by atoms with Crippen LogP contribution in [0.2, 0.25) is 0 Å². The number of halogens is 2. The Labute approximate surface area is 163 Å². The lowest BCUT2D eigenvalue weighted by Crippen LogP contribution is -2.52. The van der Waals surface area contributed by atoms with E-state index in [9.17, 15) is 24.9 Å². The molecule has 0 spiro atoms. The molecule has 8 nitrogen and oxygen atoms in total. The van der Waals surface area contributed by atoms with E-state index in [1.165, 1.54) is 11.0 Å². The van der Waals surface area contributed by atoms with Gasteiger partial charge >= 0.3 is 12.1 Å². The zero-order valence-corrected chi connectivity index (χ0v) is 16.2. The summed E-state index contributed by atoms with van der Waals surface area (Å²) in [5.74, 6) is -1.87. The monoisotopic (exact) mass is 446 g/mol. The van der Waals surface area contributed by atoms with Gasteiger partial charge in [-0.3, -0.25) is 4.79 Å². The van der Waals surface area contributed by atoms with Gasteiger partial charge in [0.25, 0.3) is 0 Å². The predicted molar refractivity (Wildman–Crippen MR) is 93.8 cm³/mol.